The second-order valence-electron chi connectivity index (χ2n) is 3.96. The van der Waals surface area contributed by atoms with Crippen LogP contribution in [0, 0.1) is 0 Å². The highest BCUT2D eigenvalue weighted by Crippen LogP contribution is 2.27. The van der Waals surface area contributed by atoms with Gasteiger partial charge in [-0.25, -0.2) is 0 Å². The van der Waals surface area contributed by atoms with Crippen LogP contribution in [0.3, 0.4) is 0 Å². The second kappa shape index (κ2) is 6.65. The van der Waals surface area contributed by atoms with Crippen molar-refractivity contribution in [1.29, 1.82) is 0 Å². The van der Waals surface area contributed by atoms with Gasteiger partial charge in [0.2, 0.25) is 0 Å². The smallest absolute Gasteiger partial charge is 0.0488 e. The van der Waals surface area contributed by atoms with Gasteiger partial charge in [0.05, 0.1) is 0 Å². The SMILES string of the molecule is C=C/C=C\c1c(C=C)c(/C=C\C)c(/C=C\C)n1C. The molecule has 0 aliphatic carbocycles. The highest BCUT2D eigenvalue weighted by Gasteiger charge is 2.13. The quantitative estimate of drug-likeness (QED) is 0.642. The summed E-state index contributed by atoms with van der Waals surface area (Å²) in [5.74, 6) is 0. The predicted molar refractivity (Wildman–Crippen MR) is 84.2 cm³/mol. The van der Waals surface area contributed by atoms with Crippen LogP contribution in [-0.4, -0.2) is 4.57 Å². The summed E-state index contributed by atoms with van der Waals surface area (Å²) >= 11 is 0. The Kier molecular flexibility index (Phi) is 5.19. The van der Waals surface area contributed by atoms with Crippen LogP contribution in [0.25, 0.3) is 24.3 Å². The molecule has 0 saturated heterocycles. The summed E-state index contributed by atoms with van der Waals surface area (Å²) in [6.07, 6.45) is 16.0. The fraction of sp³-hybridized carbons (Fsp3) is 0.176. The molecule has 0 bridgehead atoms. The van der Waals surface area contributed by atoms with E-state index in [-0.39, 0.29) is 0 Å². The van der Waals surface area contributed by atoms with Gasteiger partial charge in [-0.15, -0.1) is 0 Å². The number of rotatable bonds is 5. The van der Waals surface area contributed by atoms with Crippen LogP contribution in [-0.2, 0) is 7.05 Å². The van der Waals surface area contributed by atoms with Gasteiger partial charge in [0.1, 0.15) is 0 Å². The number of aromatic nitrogens is 1. The largest absolute Gasteiger partial charge is 0.344 e. The highest BCUT2D eigenvalue weighted by molar-refractivity contribution is 5.79. The third-order valence-electron chi connectivity index (χ3n) is 2.82. The lowest BCUT2D eigenvalue weighted by molar-refractivity contribution is 0.900. The molecule has 0 unspecified atom stereocenters. The molecule has 0 fully saturated rings. The van der Waals surface area contributed by atoms with Gasteiger partial charge in [0.25, 0.3) is 0 Å². The maximum absolute atomic E-state index is 3.93. The molecule has 0 radical (unpaired) electrons. The van der Waals surface area contributed by atoms with E-state index < -0.39 is 0 Å². The van der Waals surface area contributed by atoms with Crippen molar-refractivity contribution < 1.29 is 0 Å². The molecule has 94 valence electrons. The zero-order valence-corrected chi connectivity index (χ0v) is 11.5. The minimum Gasteiger partial charge on any atom is -0.344 e. The van der Waals surface area contributed by atoms with Crippen LogP contribution in [0.5, 0.6) is 0 Å². The van der Waals surface area contributed by atoms with Crippen molar-refractivity contribution in [2.75, 3.05) is 0 Å². The first-order valence-electron chi connectivity index (χ1n) is 6.10. The van der Waals surface area contributed by atoms with Crippen molar-refractivity contribution in [3.63, 3.8) is 0 Å². The standard InChI is InChI=1S/C17H21N/c1-6-10-13-17-14(9-4)15(11-7-2)16(12-8-3)18(17)5/h6-13H,1,4H2,2-3,5H3/b11-7-,12-8-,13-10-. The Morgan fingerprint density at radius 3 is 2.00 bits per heavy atom. The number of allylic oxidation sites excluding steroid dienone is 4. The first-order chi connectivity index (χ1) is 8.71. The number of nitrogens with zero attached hydrogens (tertiary/aromatic N) is 1. The normalized spacial score (nSPS) is 11.9. The van der Waals surface area contributed by atoms with Gasteiger partial charge in [-0.1, -0.05) is 49.6 Å². The predicted octanol–water partition coefficient (Wildman–Crippen LogP) is 4.93. The van der Waals surface area contributed by atoms with Crippen molar-refractivity contribution in [2.24, 2.45) is 7.05 Å². The summed E-state index contributed by atoms with van der Waals surface area (Å²) in [7, 11) is 2.07. The maximum atomic E-state index is 3.93. The molecule has 0 amide bonds. The molecule has 18 heavy (non-hydrogen) atoms. The van der Waals surface area contributed by atoms with Gasteiger partial charge in [0.15, 0.2) is 0 Å². The summed E-state index contributed by atoms with van der Waals surface area (Å²) in [6.45, 7) is 11.7. The van der Waals surface area contributed by atoms with E-state index in [4.69, 9.17) is 0 Å². The van der Waals surface area contributed by atoms with Crippen LogP contribution in [0.2, 0.25) is 0 Å². The third kappa shape index (κ3) is 2.62. The fourth-order valence-corrected chi connectivity index (χ4v) is 2.04. The van der Waals surface area contributed by atoms with Gasteiger partial charge in [0, 0.05) is 29.6 Å². The van der Waals surface area contributed by atoms with Crippen LogP contribution in [0.4, 0.5) is 0 Å². The molecule has 1 aromatic rings. The van der Waals surface area contributed by atoms with Crippen molar-refractivity contribution in [1.82, 2.24) is 4.57 Å². The van der Waals surface area contributed by atoms with E-state index in [9.17, 15) is 0 Å². The molecule has 1 aromatic heterocycles. The number of hydrogen-bond acceptors (Lipinski definition) is 0. The lowest BCUT2D eigenvalue weighted by Crippen LogP contribution is -1.94. The minimum absolute atomic E-state index is 1.14. The fourth-order valence-electron chi connectivity index (χ4n) is 2.04. The Bertz CT molecular complexity index is 522. The average Bonchev–Trinajstić information content (AvgIpc) is 2.61. The highest BCUT2D eigenvalue weighted by atomic mass is 15.0. The molecule has 0 aliphatic rings. The van der Waals surface area contributed by atoms with E-state index in [1.807, 2.05) is 26.0 Å². The molecule has 0 spiro atoms. The van der Waals surface area contributed by atoms with Crippen LogP contribution >= 0.6 is 0 Å². The topological polar surface area (TPSA) is 4.93 Å². The van der Waals surface area contributed by atoms with Crippen LogP contribution in [0.1, 0.15) is 36.4 Å². The van der Waals surface area contributed by atoms with E-state index in [1.165, 1.54) is 11.3 Å². The van der Waals surface area contributed by atoms with Crippen LogP contribution < -0.4 is 0 Å². The van der Waals surface area contributed by atoms with Crippen molar-refractivity contribution in [3.8, 4) is 0 Å². The summed E-state index contributed by atoms with van der Waals surface area (Å²) in [5.41, 5.74) is 4.69. The van der Waals surface area contributed by atoms with E-state index >= 15 is 0 Å². The maximum Gasteiger partial charge on any atom is 0.0488 e. The van der Waals surface area contributed by atoms with Crippen LogP contribution in [0.15, 0.2) is 37.5 Å². The monoisotopic (exact) mass is 239 g/mol. The van der Waals surface area contributed by atoms with Crippen molar-refractivity contribution in [3.05, 3.63) is 60.0 Å². The van der Waals surface area contributed by atoms with Gasteiger partial charge in [-0.2, -0.15) is 0 Å². The minimum atomic E-state index is 1.14. The Balaban J connectivity index is 3.61. The first-order valence-corrected chi connectivity index (χ1v) is 6.10. The Morgan fingerprint density at radius 1 is 0.889 bits per heavy atom. The lowest BCUT2D eigenvalue weighted by atomic mass is 10.1. The van der Waals surface area contributed by atoms with Gasteiger partial charge >= 0.3 is 0 Å². The third-order valence-corrected chi connectivity index (χ3v) is 2.82. The van der Waals surface area contributed by atoms with E-state index in [0.717, 1.165) is 11.3 Å². The van der Waals surface area contributed by atoms with E-state index in [1.54, 1.807) is 6.08 Å². The summed E-state index contributed by atoms with van der Waals surface area (Å²) in [6, 6.07) is 0. The van der Waals surface area contributed by atoms with E-state index in [2.05, 4.69) is 55.2 Å². The van der Waals surface area contributed by atoms with E-state index in [0.29, 0.717) is 0 Å². The van der Waals surface area contributed by atoms with Crippen molar-refractivity contribution >= 4 is 24.3 Å². The second-order valence-corrected chi connectivity index (χ2v) is 3.96. The molecule has 1 heteroatoms. The number of hydrogen-bond donors (Lipinski definition) is 0. The zero-order valence-electron chi connectivity index (χ0n) is 11.5. The Labute approximate surface area is 110 Å². The Hall–Kier alpha value is -2.02. The molecule has 0 saturated carbocycles. The molecule has 0 aliphatic heterocycles. The van der Waals surface area contributed by atoms with Gasteiger partial charge in [-0.05, 0) is 26.0 Å². The molecule has 1 nitrogen and oxygen atoms in total. The molecule has 0 aromatic carbocycles. The average molecular weight is 239 g/mol. The zero-order chi connectivity index (χ0) is 13.5. The Morgan fingerprint density at radius 2 is 1.50 bits per heavy atom. The lowest BCUT2D eigenvalue weighted by Gasteiger charge is -2.01. The molecule has 1 heterocycles. The molecule has 0 N–H and O–H groups in total. The molecule has 1 rings (SSSR count). The molecule has 0 atom stereocenters. The van der Waals surface area contributed by atoms with Gasteiger partial charge in [-0.3, -0.25) is 0 Å². The first kappa shape index (κ1) is 14.0. The van der Waals surface area contributed by atoms with Gasteiger partial charge < -0.3 is 4.57 Å². The summed E-state index contributed by atoms with van der Waals surface area (Å²) in [4.78, 5) is 0. The molecular formula is C17H21N. The van der Waals surface area contributed by atoms with Crippen molar-refractivity contribution in [2.45, 2.75) is 13.8 Å². The molecular weight excluding hydrogens is 218 g/mol. The summed E-state index contributed by atoms with van der Waals surface area (Å²) in [5, 5.41) is 0. The summed E-state index contributed by atoms with van der Waals surface area (Å²) < 4.78 is 2.17.